The molecule has 0 aliphatic rings. The zero-order valence-electron chi connectivity index (χ0n) is 10.9. The number of amides is 1. The van der Waals surface area contributed by atoms with Gasteiger partial charge in [0.2, 0.25) is 5.91 Å². The van der Waals surface area contributed by atoms with Crippen LogP contribution < -0.4 is 5.32 Å². The van der Waals surface area contributed by atoms with E-state index >= 15 is 0 Å². The van der Waals surface area contributed by atoms with Crippen LogP contribution in [0.15, 0.2) is 57.9 Å². The summed E-state index contributed by atoms with van der Waals surface area (Å²) in [6, 6.07) is 14.3. The topological polar surface area (TPSA) is 66.4 Å². The number of hydrogen-bond acceptors (Lipinski definition) is 3. The molecule has 4 nitrogen and oxygen atoms in total. The number of anilines is 1. The summed E-state index contributed by atoms with van der Waals surface area (Å²) >= 11 is 4.65. The van der Waals surface area contributed by atoms with E-state index in [9.17, 15) is 9.59 Å². The average Bonchev–Trinajstić information content (AvgIpc) is 2.48. The van der Waals surface area contributed by atoms with Gasteiger partial charge >= 0.3 is 5.97 Å². The van der Waals surface area contributed by atoms with E-state index in [1.807, 2.05) is 30.3 Å². The summed E-state index contributed by atoms with van der Waals surface area (Å²) in [5, 5.41) is 11.8. The first-order valence-corrected chi connectivity index (χ1v) is 7.85. The molecule has 0 bridgehead atoms. The van der Waals surface area contributed by atoms with E-state index in [0.717, 1.165) is 4.90 Å². The number of para-hydroxylation sites is 1. The van der Waals surface area contributed by atoms with Crippen LogP contribution in [0.5, 0.6) is 0 Å². The Labute approximate surface area is 134 Å². The summed E-state index contributed by atoms with van der Waals surface area (Å²) in [4.78, 5) is 24.1. The van der Waals surface area contributed by atoms with Crippen molar-refractivity contribution in [2.45, 2.75) is 4.90 Å². The minimum absolute atomic E-state index is 0.0578. The summed E-state index contributed by atoms with van der Waals surface area (Å²) in [7, 11) is 0. The Morgan fingerprint density at radius 2 is 1.81 bits per heavy atom. The van der Waals surface area contributed by atoms with Crippen LogP contribution in [-0.2, 0) is 4.79 Å². The van der Waals surface area contributed by atoms with E-state index in [4.69, 9.17) is 5.11 Å². The smallest absolute Gasteiger partial charge is 0.337 e. The first-order valence-electron chi connectivity index (χ1n) is 6.07. The van der Waals surface area contributed by atoms with E-state index in [1.165, 1.54) is 17.8 Å². The third-order valence-electron chi connectivity index (χ3n) is 2.62. The lowest BCUT2D eigenvalue weighted by Gasteiger charge is -2.10. The van der Waals surface area contributed by atoms with Crippen LogP contribution in [-0.4, -0.2) is 22.7 Å². The highest BCUT2D eigenvalue weighted by Gasteiger charge is 2.15. The molecule has 0 aliphatic heterocycles. The number of thioether (sulfide) groups is 1. The quantitative estimate of drug-likeness (QED) is 0.789. The van der Waals surface area contributed by atoms with Gasteiger partial charge in [-0.1, -0.05) is 24.3 Å². The van der Waals surface area contributed by atoms with Gasteiger partial charge in [-0.3, -0.25) is 4.79 Å². The number of carboxylic acid groups (broad SMARTS) is 1. The van der Waals surface area contributed by atoms with E-state index in [1.54, 1.807) is 12.1 Å². The zero-order chi connectivity index (χ0) is 15.2. The van der Waals surface area contributed by atoms with Crippen LogP contribution in [0.25, 0.3) is 0 Å². The van der Waals surface area contributed by atoms with Crippen molar-refractivity contribution in [2.24, 2.45) is 0 Å². The molecule has 0 saturated carbocycles. The Hall–Kier alpha value is -1.79. The molecule has 21 heavy (non-hydrogen) atoms. The summed E-state index contributed by atoms with van der Waals surface area (Å²) in [5.74, 6) is -1.12. The molecule has 0 aliphatic carbocycles. The van der Waals surface area contributed by atoms with Crippen molar-refractivity contribution < 1.29 is 14.7 Å². The molecule has 2 rings (SSSR count). The largest absolute Gasteiger partial charge is 0.478 e. The Bertz CT molecular complexity index is 661. The molecule has 0 aromatic heterocycles. The number of nitrogens with one attached hydrogen (secondary N) is 1. The minimum atomic E-state index is -1.08. The second kappa shape index (κ2) is 7.28. The van der Waals surface area contributed by atoms with Gasteiger partial charge in [0, 0.05) is 9.37 Å². The van der Waals surface area contributed by atoms with Crippen LogP contribution in [0.1, 0.15) is 10.4 Å². The molecule has 2 N–H and O–H groups in total. The summed E-state index contributed by atoms with van der Waals surface area (Å²) in [6.45, 7) is 0. The molecule has 0 atom stereocenters. The van der Waals surface area contributed by atoms with Crippen molar-refractivity contribution in [3.8, 4) is 0 Å². The van der Waals surface area contributed by atoms with Gasteiger partial charge in [-0.05, 0) is 40.2 Å². The molecule has 0 radical (unpaired) electrons. The van der Waals surface area contributed by atoms with Gasteiger partial charge < -0.3 is 10.4 Å². The van der Waals surface area contributed by atoms with Gasteiger partial charge in [0.25, 0.3) is 0 Å². The van der Waals surface area contributed by atoms with Crippen LogP contribution in [0.4, 0.5) is 5.69 Å². The normalized spacial score (nSPS) is 10.1. The fourth-order valence-corrected chi connectivity index (χ4v) is 2.86. The summed E-state index contributed by atoms with van der Waals surface area (Å²) in [5.41, 5.74) is 0.339. The van der Waals surface area contributed by atoms with E-state index in [2.05, 4.69) is 21.2 Å². The van der Waals surface area contributed by atoms with E-state index < -0.39 is 5.97 Å². The highest BCUT2D eigenvalue weighted by molar-refractivity contribution is 9.10. The standard InChI is InChI=1S/C15H12BrNO3S/c16-12-8-4-7-11(15(19)20)14(12)17-13(18)9-21-10-5-2-1-3-6-10/h1-8H,9H2,(H,17,18)(H,19,20). The molecule has 0 spiro atoms. The minimum Gasteiger partial charge on any atom is -0.478 e. The molecule has 0 fully saturated rings. The van der Waals surface area contributed by atoms with Crippen LogP contribution in [0, 0.1) is 0 Å². The third kappa shape index (κ3) is 4.34. The molecule has 108 valence electrons. The fraction of sp³-hybridized carbons (Fsp3) is 0.0667. The Morgan fingerprint density at radius 1 is 1.10 bits per heavy atom. The molecule has 2 aromatic rings. The fourth-order valence-electron chi connectivity index (χ4n) is 1.67. The van der Waals surface area contributed by atoms with Gasteiger partial charge in [0.15, 0.2) is 0 Å². The van der Waals surface area contributed by atoms with Crippen molar-refractivity contribution in [1.82, 2.24) is 0 Å². The van der Waals surface area contributed by atoms with E-state index in [-0.39, 0.29) is 22.9 Å². The third-order valence-corrected chi connectivity index (χ3v) is 4.29. The maximum absolute atomic E-state index is 12.0. The number of aromatic carboxylic acids is 1. The number of carboxylic acids is 1. The lowest BCUT2D eigenvalue weighted by atomic mass is 10.2. The predicted molar refractivity (Wildman–Crippen MR) is 86.9 cm³/mol. The van der Waals surface area contributed by atoms with Gasteiger partial charge in [-0.2, -0.15) is 0 Å². The predicted octanol–water partition coefficient (Wildman–Crippen LogP) is 3.88. The zero-order valence-corrected chi connectivity index (χ0v) is 13.3. The molecular weight excluding hydrogens is 354 g/mol. The SMILES string of the molecule is O=C(CSc1ccccc1)Nc1c(Br)cccc1C(=O)O. The molecule has 0 saturated heterocycles. The van der Waals surface area contributed by atoms with Crippen LogP contribution in [0.2, 0.25) is 0 Å². The van der Waals surface area contributed by atoms with Crippen LogP contribution >= 0.6 is 27.7 Å². The van der Waals surface area contributed by atoms with Gasteiger partial charge in [0.05, 0.1) is 17.0 Å². The van der Waals surface area contributed by atoms with Crippen molar-refractivity contribution in [1.29, 1.82) is 0 Å². The number of rotatable bonds is 5. The molecule has 2 aromatic carbocycles. The monoisotopic (exact) mass is 365 g/mol. The molecule has 0 heterocycles. The maximum atomic E-state index is 12.0. The van der Waals surface area contributed by atoms with Crippen molar-refractivity contribution >= 4 is 45.3 Å². The van der Waals surface area contributed by atoms with Gasteiger partial charge in [-0.15, -0.1) is 11.8 Å². The number of benzene rings is 2. The molecular formula is C15H12BrNO3S. The van der Waals surface area contributed by atoms with Crippen LogP contribution in [0.3, 0.4) is 0 Å². The Morgan fingerprint density at radius 3 is 2.48 bits per heavy atom. The van der Waals surface area contributed by atoms with Crippen molar-refractivity contribution in [3.63, 3.8) is 0 Å². The summed E-state index contributed by atoms with van der Waals surface area (Å²) in [6.07, 6.45) is 0. The first kappa shape index (κ1) is 15.6. The van der Waals surface area contributed by atoms with E-state index in [0.29, 0.717) is 4.47 Å². The lowest BCUT2D eigenvalue weighted by molar-refractivity contribution is -0.113. The lowest BCUT2D eigenvalue weighted by Crippen LogP contribution is -2.17. The average molecular weight is 366 g/mol. The highest BCUT2D eigenvalue weighted by Crippen LogP contribution is 2.27. The number of carbonyl (C=O) groups excluding carboxylic acids is 1. The van der Waals surface area contributed by atoms with Crippen molar-refractivity contribution in [2.75, 3.05) is 11.1 Å². The van der Waals surface area contributed by atoms with Gasteiger partial charge in [-0.25, -0.2) is 4.79 Å². The molecule has 0 unspecified atom stereocenters. The highest BCUT2D eigenvalue weighted by atomic mass is 79.9. The molecule has 1 amide bonds. The number of halogens is 1. The number of hydrogen-bond donors (Lipinski definition) is 2. The van der Waals surface area contributed by atoms with Crippen molar-refractivity contribution in [3.05, 3.63) is 58.6 Å². The molecule has 6 heteroatoms. The Balaban J connectivity index is 2.05. The first-order chi connectivity index (χ1) is 10.1. The maximum Gasteiger partial charge on any atom is 0.337 e. The second-order valence-corrected chi connectivity index (χ2v) is 6.02. The summed E-state index contributed by atoms with van der Waals surface area (Å²) < 4.78 is 0.542. The number of carbonyl (C=O) groups is 2. The Kier molecular flexibility index (Phi) is 5.41. The van der Waals surface area contributed by atoms with Gasteiger partial charge in [0.1, 0.15) is 0 Å². The second-order valence-electron chi connectivity index (χ2n) is 4.12.